The van der Waals surface area contributed by atoms with Gasteiger partial charge in [0.15, 0.2) is 0 Å². The summed E-state index contributed by atoms with van der Waals surface area (Å²) in [6.07, 6.45) is -0.597. The molecule has 110 valence electrons. The summed E-state index contributed by atoms with van der Waals surface area (Å²) < 4.78 is 5.09. The van der Waals surface area contributed by atoms with E-state index in [0.717, 1.165) is 5.56 Å². The first-order valence-electron chi connectivity index (χ1n) is 6.59. The highest BCUT2D eigenvalue weighted by atomic mass is 16.6. The van der Waals surface area contributed by atoms with Crippen molar-refractivity contribution in [1.82, 2.24) is 10.6 Å². The molecule has 1 atom stereocenters. The lowest BCUT2D eigenvalue weighted by Gasteiger charge is -2.21. The summed E-state index contributed by atoms with van der Waals surface area (Å²) in [5.41, 5.74) is 0.426. The Kier molecular flexibility index (Phi) is 5.55. The molecule has 0 aromatic heterocycles. The van der Waals surface area contributed by atoms with Gasteiger partial charge in [-0.25, -0.2) is 4.79 Å². The molecule has 20 heavy (non-hydrogen) atoms. The fourth-order valence-corrected chi connectivity index (χ4v) is 1.49. The first-order valence-corrected chi connectivity index (χ1v) is 6.59. The van der Waals surface area contributed by atoms with Crippen molar-refractivity contribution >= 4 is 12.0 Å². The number of ether oxygens (including phenoxy) is 1. The normalized spacial score (nSPS) is 12.4. The van der Waals surface area contributed by atoms with Gasteiger partial charge in [0.2, 0.25) is 5.91 Å². The Bertz CT molecular complexity index is 452. The average molecular weight is 278 g/mol. The number of carbonyl (C=O) groups is 2. The lowest BCUT2D eigenvalue weighted by molar-refractivity contribution is -0.122. The first-order chi connectivity index (χ1) is 9.28. The Morgan fingerprint density at radius 3 is 2.35 bits per heavy atom. The van der Waals surface area contributed by atoms with E-state index in [4.69, 9.17) is 4.74 Å². The molecule has 1 rings (SSSR count). The third-order valence-corrected chi connectivity index (χ3v) is 2.44. The molecule has 0 spiro atoms. The highest BCUT2D eigenvalue weighted by molar-refractivity contribution is 5.85. The van der Waals surface area contributed by atoms with Gasteiger partial charge in [-0.15, -0.1) is 0 Å². The first kappa shape index (κ1) is 16.0. The van der Waals surface area contributed by atoms with Gasteiger partial charge in [0, 0.05) is 6.54 Å². The third-order valence-electron chi connectivity index (χ3n) is 2.44. The minimum absolute atomic E-state index is 0.250. The number of rotatable bonds is 4. The Morgan fingerprint density at radius 1 is 1.20 bits per heavy atom. The van der Waals surface area contributed by atoms with Crippen LogP contribution in [0, 0.1) is 0 Å². The number of hydrogen-bond donors (Lipinski definition) is 2. The van der Waals surface area contributed by atoms with Gasteiger partial charge in [-0.1, -0.05) is 30.3 Å². The lowest BCUT2D eigenvalue weighted by atomic mass is 10.2. The molecule has 0 aliphatic heterocycles. The Hall–Kier alpha value is -2.04. The van der Waals surface area contributed by atoms with E-state index < -0.39 is 17.7 Å². The van der Waals surface area contributed by atoms with Crippen molar-refractivity contribution in [2.75, 3.05) is 0 Å². The number of hydrogen-bond acceptors (Lipinski definition) is 3. The zero-order valence-corrected chi connectivity index (χ0v) is 12.4. The molecular formula is C15H22N2O3. The minimum Gasteiger partial charge on any atom is -0.444 e. The second-order valence-electron chi connectivity index (χ2n) is 5.57. The van der Waals surface area contributed by atoms with Crippen molar-refractivity contribution < 1.29 is 14.3 Å². The largest absolute Gasteiger partial charge is 0.444 e. The van der Waals surface area contributed by atoms with E-state index in [1.165, 1.54) is 0 Å². The maximum absolute atomic E-state index is 11.8. The molecule has 0 unspecified atom stereocenters. The quantitative estimate of drug-likeness (QED) is 0.887. The molecule has 0 aliphatic carbocycles. The zero-order valence-electron chi connectivity index (χ0n) is 12.4. The summed E-state index contributed by atoms with van der Waals surface area (Å²) in [5, 5.41) is 5.26. The van der Waals surface area contributed by atoms with E-state index in [1.807, 2.05) is 30.3 Å². The standard InChI is InChI=1S/C15H22N2O3/c1-11(17-14(19)20-15(2,3)4)13(18)16-10-12-8-6-5-7-9-12/h5-9,11H,10H2,1-4H3,(H,16,18)(H,17,19)/t11-/m1/s1. The summed E-state index contributed by atoms with van der Waals surface area (Å²) in [4.78, 5) is 23.4. The van der Waals surface area contributed by atoms with Gasteiger partial charge in [-0.3, -0.25) is 4.79 Å². The summed E-state index contributed by atoms with van der Waals surface area (Å²) in [6.45, 7) is 7.36. The van der Waals surface area contributed by atoms with E-state index in [0.29, 0.717) is 6.54 Å². The number of amides is 2. The molecule has 2 amide bonds. The van der Waals surface area contributed by atoms with E-state index >= 15 is 0 Å². The van der Waals surface area contributed by atoms with E-state index in [9.17, 15) is 9.59 Å². The van der Waals surface area contributed by atoms with Crippen molar-refractivity contribution in [1.29, 1.82) is 0 Å². The summed E-state index contributed by atoms with van der Waals surface area (Å²) in [7, 11) is 0. The summed E-state index contributed by atoms with van der Waals surface area (Å²) in [5.74, 6) is -0.250. The van der Waals surface area contributed by atoms with Crippen molar-refractivity contribution in [3.05, 3.63) is 35.9 Å². The van der Waals surface area contributed by atoms with Gasteiger partial charge in [-0.05, 0) is 33.3 Å². The third kappa shape index (κ3) is 6.22. The molecule has 0 radical (unpaired) electrons. The Labute approximate surface area is 119 Å². The van der Waals surface area contributed by atoms with Crippen LogP contribution in [-0.2, 0) is 16.1 Å². The smallest absolute Gasteiger partial charge is 0.408 e. The fourth-order valence-electron chi connectivity index (χ4n) is 1.49. The van der Waals surface area contributed by atoms with Crippen LogP contribution in [0.15, 0.2) is 30.3 Å². The van der Waals surface area contributed by atoms with Gasteiger partial charge in [0.05, 0.1) is 0 Å². The summed E-state index contributed by atoms with van der Waals surface area (Å²) >= 11 is 0. The Morgan fingerprint density at radius 2 is 1.80 bits per heavy atom. The monoisotopic (exact) mass is 278 g/mol. The molecule has 0 saturated carbocycles. The molecule has 0 heterocycles. The average Bonchev–Trinajstić information content (AvgIpc) is 2.34. The predicted octanol–water partition coefficient (Wildman–Crippen LogP) is 2.22. The van der Waals surface area contributed by atoms with Crippen LogP contribution in [0.4, 0.5) is 4.79 Å². The molecule has 1 aromatic rings. The van der Waals surface area contributed by atoms with Crippen LogP contribution >= 0.6 is 0 Å². The van der Waals surface area contributed by atoms with Gasteiger partial charge in [-0.2, -0.15) is 0 Å². The van der Waals surface area contributed by atoms with Crippen molar-refractivity contribution in [3.8, 4) is 0 Å². The molecule has 5 nitrogen and oxygen atoms in total. The van der Waals surface area contributed by atoms with Crippen LogP contribution in [0.3, 0.4) is 0 Å². The van der Waals surface area contributed by atoms with Crippen molar-refractivity contribution in [2.45, 2.75) is 45.9 Å². The SMILES string of the molecule is C[C@@H](NC(=O)OC(C)(C)C)C(=O)NCc1ccccc1. The van der Waals surface area contributed by atoms with Crippen molar-refractivity contribution in [3.63, 3.8) is 0 Å². The maximum atomic E-state index is 11.8. The maximum Gasteiger partial charge on any atom is 0.408 e. The Balaban J connectivity index is 2.38. The van der Waals surface area contributed by atoms with Crippen LogP contribution in [0.2, 0.25) is 0 Å². The van der Waals surface area contributed by atoms with Gasteiger partial charge < -0.3 is 15.4 Å². The van der Waals surface area contributed by atoms with Crippen LogP contribution in [-0.4, -0.2) is 23.6 Å². The van der Waals surface area contributed by atoms with E-state index in [1.54, 1.807) is 27.7 Å². The predicted molar refractivity (Wildman–Crippen MR) is 77.1 cm³/mol. The fraction of sp³-hybridized carbons (Fsp3) is 0.467. The number of carbonyl (C=O) groups excluding carboxylic acids is 2. The zero-order chi connectivity index (χ0) is 15.2. The number of alkyl carbamates (subject to hydrolysis) is 1. The molecule has 0 saturated heterocycles. The van der Waals surface area contributed by atoms with Gasteiger partial charge in [0.1, 0.15) is 11.6 Å². The van der Waals surface area contributed by atoms with Crippen LogP contribution in [0.5, 0.6) is 0 Å². The van der Waals surface area contributed by atoms with Crippen LogP contribution < -0.4 is 10.6 Å². The van der Waals surface area contributed by atoms with Gasteiger partial charge in [0.25, 0.3) is 0 Å². The number of nitrogens with one attached hydrogen (secondary N) is 2. The second kappa shape index (κ2) is 6.93. The minimum atomic E-state index is -0.645. The highest BCUT2D eigenvalue weighted by Crippen LogP contribution is 2.06. The van der Waals surface area contributed by atoms with Crippen LogP contribution in [0.25, 0.3) is 0 Å². The van der Waals surface area contributed by atoms with Crippen LogP contribution in [0.1, 0.15) is 33.3 Å². The lowest BCUT2D eigenvalue weighted by Crippen LogP contribution is -2.46. The number of benzene rings is 1. The molecule has 5 heteroatoms. The molecule has 0 fully saturated rings. The van der Waals surface area contributed by atoms with Gasteiger partial charge >= 0.3 is 6.09 Å². The molecule has 2 N–H and O–H groups in total. The molecule has 0 bridgehead atoms. The highest BCUT2D eigenvalue weighted by Gasteiger charge is 2.20. The summed E-state index contributed by atoms with van der Waals surface area (Å²) in [6, 6.07) is 8.93. The second-order valence-corrected chi connectivity index (χ2v) is 5.57. The molecular weight excluding hydrogens is 256 g/mol. The van der Waals surface area contributed by atoms with E-state index in [2.05, 4.69) is 10.6 Å². The topological polar surface area (TPSA) is 67.4 Å². The van der Waals surface area contributed by atoms with Crippen molar-refractivity contribution in [2.24, 2.45) is 0 Å². The van der Waals surface area contributed by atoms with E-state index in [-0.39, 0.29) is 5.91 Å². The molecule has 1 aromatic carbocycles. The molecule has 0 aliphatic rings.